The summed E-state index contributed by atoms with van der Waals surface area (Å²) in [6.07, 6.45) is 2.66. The van der Waals surface area contributed by atoms with E-state index in [2.05, 4.69) is 40.2 Å². The molecule has 1 aromatic rings. The topological polar surface area (TPSA) is 46.9 Å². The fourth-order valence-electron chi connectivity index (χ4n) is 1.62. The summed E-state index contributed by atoms with van der Waals surface area (Å²) in [7, 11) is 1.83. The van der Waals surface area contributed by atoms with Crippen LogP contribution in [0.2, 0.25) is 0 Å². The smallest absolute Gasteiger partial charge is 0.254 e. The first kappa shape index (κ1) is 14.2. The zero-order valence-electron chi connectivity index (χ0n) is 10.8. The third kappa shape index (κ3) is 4.15. The molecule has 0 aliphatic heterocycles. The van der Waals surface area contributed by atoms with Gasteiger partial charge < -0.3 is 5.32 Å². The Bertz CT molecular complexity index is 387. The molecule has 0 saturated heterocycles. The molecule has 17 heavy (non-hydrogen) atoms. The predicted molar refractivity (Wildman–Crippen MR) is 72.4 cm³/mol. The highest BCUT2D eigenvalue weighted by Gasteiger charge is 2.14. The van der Waals surface area contributed by atoms with E-state index in [1.54, 1.807) is 10.9 Å². The number of nitrogens with one attached hydrogen (secondary N) is 1. The zero-order chi connectivity index (χ0) is 13.0. The predicted octanol–water partition coefficient (Wildman–Crippen LogP) is 2.27. The van der Waals surface area contributed by atoms with Gasteiger partial charge in [-0.05, 0) is 19.3 Å². The van der Waals surface area contributed by atoms with Gasteiger partial charge in [0, 0.05) is 24.1 Å². The Morgan fingerprint density at radius 3 is 2.71 bits per heavy atom. The van der Waals surface area contributed by atoms with E-state index in [4.69, 9.17) is 0 Å². The van der Waals surface area contributed by atoms with Crippen LogP contribution in [0.4, 0.5) is 0 Å². The molecular formula is C12H20BrN3O. The van der Waals surface area contributed by atoms with E-state index in [0.29, 0.717) is 22.9 Å². The number of carbonyl (C=O) groups is 1. The second kappa shape index (κ2) is 6.19. The van der Waals surface area contributed by atoms with Gasteiger partial charge in [-0.1, -0.05) is 29.8 Å². The molecule has 4 nitrogen and oxygen atoms in total. The standard InChI is InChI=1S/C12H20BrN3O/c1-8(2)5-10(13)6-14-12(17)11-7-15-16(4)9(11)3/h7-8,10H,5-6H2,1-4H3,(H,14,17). The maximum Gasteiger partial charge on any atom is 0.254 e. The number of hydrogen-bond donors (Lipinski definition) is 1. The van der Waals surface area contributed by atoms with Gasteiger partial charge in [0.2, 0.25) is 0 Å². The van der Waals surface area contributed by atoms with Crippen LogP contribution in [0, 0.1) is 12.8 Å². The Hall–Kier alpha value is -0.840. The summed E-state index contributed by atoms with van der Waals surface area (Å²) in [5.41, 5.74) is 1.54. The zero-order valence-corrected chi connectivity index (χ0v) is 12.4. The first-order valence-corrected chi connectivity index (χ1v) is 6.74. The van der Waals surface area contributed by atoms with Crippen molar-refractivity contribution in [2.75, 3.05) is 6.54 Å². The summed E-state index contributed by atoms with van der Waals surface area (Å²) in [6, 6.07) is 0. The number of rotatable bonds is 5. The lowest BCUT2D eigenvalue weighted by Gasteiger charge is -2.13. The van der Waals surface area contributed by atoms with Crippen molar-refractivity contribution in [3.05, 3.63) is 17.5 Å². The number of carbonyl (C=O) groups excluding carboxylic acids is 1. The van der Waals surface area contributed by atoms with Crippen molar-refractivity contribution in [2.24, 2.45) is 13.0 Å². The van der Waals surface area contributed by atoms with E-state index in [1.165, 1.54) is 0 Å². The molecule has 0 fully saturated rings. The van der Waals surface area contributed by atoms with E-state index < -0.39 is 0 Å². The van der Waals surface area contributed by atoms with Crippen molar-refractivity contribution in [2.45, 2.75) is 32.0 Å². The van der Waals surface area contributed by atoms with Crippen LogP contribution in [-0.2, 0) is 7.05 Å². The van der Waals surface area contributed by atoms with Gasteiger partial charge >= 0.3 is 0 Å². The fraction of sp³-hybridized carbons (Fsp3) is 0.667. The summed E-state index contributed by atoms with van der Waals surface area (Å²) in [6.45, 7) is 6.87. The van der Waals surface area contributed by atoms with Crippen molar-refractivity contribution in [3.63, 3.8) is 0 Å². The molecule has 1 rings (SSSR count). The molecule has 0 aliphatic carbocycles. The quantitative estimate of drug-likeness (QED) is 0.848. The van der Waals surface area contributed by atoms with Gasteiger partial charge in [-0.15, -0.1) is 0 Å². The number of amides is 1. The molecule has 5 heteroatoms. The third-order valence-electron chi connectivity index (χ3n) is 2.69. The first-order valence-electron chi connectivity index (χ1n) is 5.82. The summed E-state index contributed by atoms with van der Waals surface area (Å²) < 4.78 is 1.70. The lowest BCUT2D eigenvalue weighted by Crippen LogP contribution is -2.30. The first-order chi connectivity index (χ1) is 7.91. The third-order valence-corrected chi connectivity index (χ3v) is 3.39. The van der Waals surface area contributed by atoms with Crippen LogP contribution in [0.25, 0.3) is 0 Å². The number of nitrogens with zero attached hydrogens (tertiary/aromatic N) is 2. The molecule has 0 aromatic carbocycles. The van der Waals surface area contributed by atoms with E-state index in [1.807, 2.05) is 14.0 Å². The van der Waals surface area contributed by atoms with Crippen molar-refractivity contribution >= 4 is 21.8 Å². The molecule has 96 valence electrons. The van der Waals surface area contributed by atoms with Crippen molar-refractivity contribution in [3.8, 4) is 0 Å². The number of hydrogen-bond acceptors (Lipinski definition) is 2. The van der Waals surface area contributed by atoms with Crippen LogP contribution >= 0.6 is 15.9 Å². The minimum absolute atomic E-state index is 0.0520. The largest absolute Gasteiger partial charge is 0.351 e. The van der Waals surface area contributed by atoms with E-state index >= 15 is 0 Å². The van der Waals surface area contributed by atoms with Gasteiger partial charge in [-0.2, -0.15) is 5.10 Å². The average Bonchev–Trinajstić information content (AvgIpc) is 2.55. The summed E-state index contributed by atoms with van der Waals surface area (Å²) in [4.78, 5) is 12.2. The van der Waals surface area contributed by atoms with Crippen LogP contribution in [0.5, 0.6) is 0 Å². The second-order valence-corrected chi connectivity index (χ2v) is 6.00. The van der Waals surface area contributed by atoms with E-state index in [9.17, 15) is 4.79 Å². The number of aryl methyl sites for hydroxylation is 1. The molecular weight excluding hydrogens is 282 g/mol. The summed E-state index contributed by atoms with van der Waals surface area (Å²) >= 11 is 3.57. The SMILES string of the molecule is Cc1c(C(=O)NCC(Br)CC(C)C)cnn1C. The van der Waals surface area contributed by atoms with Crippen LogP contribution in [0.1, 0.15) is 36.3 Å². The van der Waals surface area contributed by atoms with Crippen LogP contribution in [0.3, 0.4) is 0 Å². The van der Waals surface area contributed by atoms with Crippen molar-refractivity contribution in [1.29, 1.82) is 0 Å². The van der Waals surface area contributed by atoms with Gasteiger partial charge in [-0.25, -0.2) is 0 Å². The molecule has 0 saturated carbocycles. The Balaban J connectivity index is 2.48. The van der Waals surface area contributed by atoms with Crippen LogP contribution < -0.4 is 5.32 Å². The molecule has 0 aliphatic rings. The Morgan fingerprint density at radius 1 is 1.59 bits per heavy atom. The highest BCUT2D eigenvalue weighted by molar-refractivity contribution is 9.09. The van der Waals surface area contributed by atoms with Crippen molar-refractivity contribution in [1.82, 2.24) is 15.1 Å². The number of aromatic nitrogens is 2. The van der Waals surface area contributed by atoms with E-state index in [0.717, 1.165) is 12.1 Å². The Morgan fingerprint density at radius 2 is 2.24 bits per heavy atom. The van der Waals surface area contributed by atoms with E-state index in [-0.39, 0.29) is 5.91 Å². The Kier molecular flexibility index (Phi) is 5.18. The Labute approximate surface area is 111 Å². The minimum Gasteiger partial charge on any atom is -0.351 e. The molecule has 0 bridgehead atoms. The van der Waals surface area contributed by atoms with Gasteiger partial charge in [0.15, 0.2) is 0 Å². The molecule has 1 N–H and O–H groups in total. The van der Waals surface area contributed by atoms with Crippen LogP contribution in [-0.4, -0.2) is 27.1 Å². The van der Waals surface area contributed by atoms with Crippen molar-refractivity contribution < 1.29 is 4.79 Å². The molecule has 1 heterocycles. The number of alkyl halides is 1. The lowest BCUT2D eigenvalue weighted by atomic mass is 10.1. The fourth-order valence-corrected chi connectivity index (χ4v) is 2.52. The minimum atomic E-state index is -0.0520. The number of halogens is 1. The maximum absolute atomic E-state index is 11.9. The second-order valence-electron chi connectivity index (χ2n) is 4.70. The summed E-state index contributed by atoms with van der Waals surface area (Å²) in [5, 5.41) is 6.98. The molecule has 1 aromatic heterocycles. The van der Waals surface area contributed by atoms with Gasteiger partial charge in [-0.3, -0.25) is 9.48 Å². The molecule has 0 radical (unpaired) electrons. The average molecular weight is 302 g/mol. The maximum atomic E-state index is 11.9. The normalized spacial score (nSPS) is 12.8. The van der Waals surface area contributed by atoms with Gasteiger partial charge in [0.05, 0.1) is 11.8 Å². The van der Waals surface area contributed by atoms with Gasteiger partial charge in [0.1, 0.15) is 0 Å². The van der Waals surface area contributed by atoms with Gasteiger partial charge in [0.25, 0.3) is 5.91 Å². The lowest BCUT2D eigenvalue weighted by molar-refractivity contribution is 0.0952. The highest BCUT2D eigenvalue weighted by Crippen LogP contribution is 2.12. The highest BCUT2D eigenvalue weighted by atomic mass is 79.9. The molecule has 0 spiro atoms. The monoisotopic (exact) mass is 301 g/mol. The summed E-state index contributed by atoms with van der Waals surface area (Å²) in [5.74, 6) is 0.570. The van der Waals surface area contributed by atoms with Crippen LogP contribution in [0.15, 0.2) is 6.20 Å². The molecule has 1 amide bonds. The molecule has 1 atom stereocenters. The molecule has 1 unspecified atom stereocenters.